The number of hydrogen-bond acceptors (Lipinski definition) is 5. The van der Waals surface area contributed by atoms with Crippen LogP contribution in [0.4, 0.5) is 0 Å². The molecule has 0 aliphatic carbocycles. The number of aromatic nitrogens is 2. The Balaban J connectivity index is 1.66. The number of sulfonamides is 1. The number of likely N-dealkylation sites (tertiary alicyclic amines) is 2. The maximum atomic E-state index is 13.2. The minimum absolute atomic E-state index is 0.205. The third-order valence-corrected chi connectivity index (χ3v) is 7.50. The summed E-state index contributed by atoms with van der Waals surface area (Å²) >= 11 is 5.97. The lowest BCUT2D eigenvalue weighted by molar-refractivity contribution is -0.890. The monoisotopic (exact) mass is 454 g/mol. The molecule has 2 aliphatic heterocycles. The summed E-state index contributed by atoms with van der Waals surface area (Å²) in [6, 6.07) is 3.95. The lowest BCUT2D eigenvalue weighted by Crippen LogP contribution is -2.69. The molecular formula is C19H25ClN5O4S+. The molecule has 1 aromatic heterocycles. The first-order valence-corrected chi connectivity index (χ1v) is 12.0. The van der Waals surface area contributed by atoms with Crippen molar-refractivity contribution < 1.29 is 22.6 Å². The van der Waals surface area contributed by atoms with E-state index in [0.717, 1.165) is 19.3 Å². The van der Waals surface area contributed by atoms with Gasteiger partial charge in [0, 0.05) is 24.5 Å². The smallest absolute Gasteiger partial charge is 0.334 e. The lowest BCUT2D eigenvalue weighted by atomic mass is 10.1. The molecule has 2 aliphatic rings. The van der Waals surface area contributed by atoms with Gasteiger partial charge in [-0.15, -0.1) is 0 Å². The Morgan fingerprint density at radius 2 is 2.00 bits per heavy atom. The van der Waals surface area contributed by atoms with Gasteiger partial charge >= 0.3 is 15.9 Å². The van der Waals surface area contributed by atoms with Crippen molar-refractivity contribution >= 4 is 44.5 Å². The van der Waals surface area contributed by atoms with Crippen molar-refractivity contribution in [1.29, 1.82) is 0 Å². The highest BCUT2D eigenvalue weighted by molar-refractivity contribution is 7.89. The first-order chi connectivity index (χ1) is 14.2. The number of benzene rings is 1. The molecular weight excluding hydrogens is 430 g/mol. The van der Waals surface area contributed by atoms with Crippen molar-refractivity contribution in [3.63, 3.8) is 0 Å². The number of imidazole rings is 1. The summed E-state index contributed by atoms with van der Waals surface area (Å²) in [6.07, 6.45) is 3.63. The summed E-state index contributed by atoms with van der Waals surface area (Å²) in [4.78, 5) is 37.1. The van der Waals surface area contributed by atoms with Crippen LogP contribution >= 0.6 is 11.6 Å². The average Bonchev–Trinajstić information content (AvgIpc) is 3.31. The highest BCUT2D eigenvalue weighted by atomic mass is 35.5. The summed E-state index contributed by atoms with van der Waals surface area (Å²) < 4.78 is 25.7. The van der Waals surface area contributed by atoms with E-state index in [-0.39, 0.29) is 29.9 Å². The zero-order valence-electron chi connectivity index (χ0n) is 16.7. The molecule has 9 nitrogen and oxygen atoms in total. The number of carbonyl (C=O) groups excluding carboxylic acids is 2. The van der Waals surface area contributed by atoms with Gasteiger partial charge in [0.15, 0.2) is 6.04 Å². The Hall–Kier alpha value is -2.01. The molecule has 0 radical (unpaired) electrons. The Kier molecular flexibility index (Phi) is 5.60. The average molecular weight is 455 g/mol. The van der Waals surface area contributed by atoms with Gasteiger partial charge in [-0.05, 0) is 49.2 Å². The first-order valence-electron chi connectivity index (χ1n) is 10.1. The van der Waals surface area contributed by atoms with Crippen LogP contribution < -0.4 is 4.83 Å². The number of carbonyl (C=O) groups is 2. The molecule has 11 heteroatoms. The Morgan fingerprint density at radius 1 is 1.27 bits per heavy atom. The number of H-pyrrole nitrogens is 1. The molecule has 2 aromatic rings. The van der Waals surface area contributed by atoms with Crippen LogP contribution in [0.2, 0.25) is 5.02 Å². The zero-order chi connectivity index (χ0) is 21.5. The molecule has 162 valence electrons. The molecule has 2 N–H and O–H groups in total. The molecule has 2 amide bonds. The van der Waals surface area contributed by atoms with Crippen LogP contribution in [0.15, 0.2) is 23.4 Å². The predicted octanol–water partition coefficient (Wildman–Crippen LogP) is 1.95. The number of quaternary nitrogens is 1. The molecule has 4 rings (SSSR count). The largest absolute Gasteiger partial charge is 0.337 e. The lowest BCUT2D eigenvalue weighted by Gasteiger charge is -2.38. The number of hydrogen-bond donors (Lipinski definition) is 2. The quantitative estimate of drug-likeness (QED) is 0.670. The number of aromatic amines is 1. The van der Waals surface area contributed by atoms with Crippen molar-refractivity contribution in [2.45, 2.75) is 50.2 Å². The van der Waals surface area contributed by atoms with Crippen LogP contribution in [0.5, 0.6) is 0 Å². The Morgan fingerprint density at radius 3 is 2.67 bits per heavy atom. The third-order valence-electron chi connectivity index (χ3n) is 5.99. The van der Waals surface area contributed by atoms with E-state index in [1.54, 1.807) is 30.0 Å². The van der Waals surface area contributed by atoms with Crippen LogP contribution in [-0.4, -0.2) is 65.4 Å². The molecule has 1 aromatic carbocycles. The van der Waals surface area contributed by atoms with E-state index in [4.69, 9.17) is 11.6 Å². The van der Waals surface area contributed by atoms with E-state index in [9.17, 15) is 18.0 Å². The van der Waals surface area contributed by atoms with Crippen molar-refractivity contribution in [3.8, 4) is 0 Å². The van der Waals surface area contributed by atoms with Gasteiger partial charge in [0.25, 0.3) is 5.91 Å². The highest BCUT2D eigenvalue weighted by Crippen LogP contribution is 2.27. The van der Waals surface area contributed by atoms with Crippen molar-refractivity contribution in [1.82, 2.24) is 19.7 Å². The zero-order valence-corrected chi connectivity index (χ0v) is 18.3. The van der Waals surface area contributed by atoms with E-state index < -0.39 is 20.7 Å². The summed E-state index contributed by atoms with van der Waals surface area (Å²) in [5, 5.41) is 0.136. The molecule has 2 fully saturated rings. The number of amides is 2. The standard InChI is InChI=1S/C19H25ClN5O4S/c1-13(18(27)24-9-3-2-4-10-24)25(11-5-6-17(25)26)23-30(28,29)19-21-15-8-7-14(20)12-16(15)22-19/h7-8,12-13,23H,2-6,9-11H2,1H3,(H,21,22)/q+1. The van der Waals surface area contributed by atoms with E-state index in [1.165, 1.54) is 0 Å². The molecule has 0 bridgehead atoms. The summed E-state index contributed by atoms with van der Waals surface area (Å²) in [7, 11) is -4.20. The van der Waals surface area contributed by atoms with Gasteiger partial charge in [-0.3, -0.25) is 4.79 Å². The second-order valence-electron chi connectivity index (χ2n) is 7.95. The van der Waals surface area contributed by atoms with Crippen molar-refractivity contribution in [3.05, 3.63) is 23.2 Å². The van der Waals surface area contributed by atoms with Crippen molar-refractivity contribution in [2.24, 2.45) is 0 Å². The second kappa shape index (κ2) is 7.92. The summed E-state index contributed by atoms with van der Waals surface area (Å²) in [5.41, 5.74) is 0.913. The number of nitrogens with one attached hydrogen (secondary N) is 2. The Labute approximate surface area is 180 Å². The van der Waals surface area contributed by atoms with Gasteiger partial charge in [0.2, 0.25) is 5.16 Å². The van der Waals surface area contributed by atoms with Crippen LogP contribution in [0.3, 0.4) is 0 Å². The molecule has 30 heavy (non-hydrogen) atoms. The summed E-state index contributed by atoms with van der Waals surface area (Å²) in [5.74, 6) is -0.514. The topological polar surface area (TPSA) is 112 Å². The number of fused-ring (bicyclic) bond motifs is 1. The second-order valence-corrected chi connectivity index (χ2v) is 9.96. The fourth-order valence-corrected chi connectivity index (χ4v) is 5.80. The van der Waals surface area contributed by atoms with E-state index >= 15 is 0 Å². The first kappa shape index (κ1) is 21.2. The van der Waals surface area contributed by atoms with Gasteiger partial charge in [-0.1, -0.05) is 11.6 Å². The number of rotatable bonds is 5. The van der Waals surface area contributed by atoms with Crippen LogP contribution in [0.1, 0.15) is 39.0 Å². The molecule has 2 saturated heterocycles. The minimum atomic E-state index is -4.20. The van der Waals surface area contributed by atoms with Crippen molar-refractivity contribution in [2.75, 3.05) is 19.6 Å². The maximum absolute atomic E-state index is 13.2. The van der Waals surface area contributed by atoms with Crippen LogP contribution in [-0.2, 0) is 19.6 Å². The van der Waals surface area contributed by atoms with Gasteiger partial charge in [0.05, 0.1) is 17.5 Å². The molecule has 0 spiro atoms. The van der Waals surface area contributed by atoms with E-state index in [1.807, 2.05) is 0 Å². The normalized spacial score (nSPS) is 23.8. The number of nitrogens with zero attached hydrogens (tertiary/aromatic N) is 3. The van der Waals surface area contributed by atoms with Gasteiger partial charge in [0.1, 0.15) is 6.54 Å². The molecule has 2 atom stereocenters. The fraction of sp³-hybridized carbons (Fsp3) is 0.526. The fourth-order valence-electron chi connectivity index (χ4n) is 4.30. The summed E-state index contributed by atoms with van der Waals surface area (Å²) in [6.45, 7) is 3.12. The number of piperidine rings is 1. The highest BCUT2D eigenvalue weighted by Gasteiger charge is 2.53. The molecule has 0 saturated carbocycles. The number of halogens is 1. The van der Waals surface area contributed by atoms with Crippen LogP contribution in [0, 0.1) is 0 Å². The van der Waals surface area contributed by atoms with Gasteiger partial charge in [-0.2, -0.15) is 13.0 Å². The predicted molar refractivity (Wildman–Crippen MR) is 111 cm³/mol. The van der Waals surface area contributed by atoms with Crippen LogP contribution in [0.25, 0.3) is 11.0 Å². The van der Waals surface area contributed by atoms with E-state index in [0.29, 0.717) is 35.6 Å². The maximum Gasteiger partial charge on any atom is 0.334 e. The van der Waals surface area contributed by atoms with E-state index in [2.05, 4.69) is 14.8 Å². The molecule has 3 heterocycles. The minimum Gasteiger partial charge on any atom is -0.337 e. The SMILES string of the molecule is CC(C(=O)N1CCCCC1)[N+]1(NS(=O)(=O)c2nc3ccc(Cl)cc3[nH]2)CCCC1=O. The third kappa shape index (κ3) is 3.73. The van der Waals surface area contributed by atoms with Gasteiger partial charge in [-0.25, -0.2) is 9.78 Å². The van der Waals surface area contributed by atoms with Gasteiger partial charge < -0.3 is 9.88 Å². The Bertz CT molecular complexity index is 1100. The molecule has 2 unspecified atom stereocenters.